The fraction of sp³-hybridized carbons (Fsp3) is 0.625. The Morgan fingerprint density at radius 1 is 1.33 bits per heavy atom. The summed E-state index contributed by atoms with van der Waals surface area (Å²) in [4.78, 5) is 36.0. The summed E-state index contributed by atoms with van der Waals surface area (Å²) in [6.07, 6.45) is 6.79. The second-order valence-electron chi connectivity index (χ2n) is 7.97. The zero-order valence-electron chi connectivity index (χ0n) is 13.1. The summed E-state index contributed by atoms with van der Waals surface area (Å²) in [5, 5.41) is 0.115. The number of fused-ring (bicyclic) bond motifs is 1. The van der Waals surface area contributed by atoms with Crippen molar-refractivity contribution in [2.75, 3.05) is 0 Å². The van der Waals surface area contributed by atoms with Gasteiger partial charge in [-0.25, -0.2) is 9.78 Å². The smallest absolute Gasteiger partial charge is 0.328 e. The molecule has 4 aliphatic rings. The normalized spacial score (nSPS) is 37.2. The molecule has 4 fully saturated rings. The van der Waals surface area contributed by atoms with Gasteiger partial charge in [0.05, 0.1) is 17.2 Å². The first-order valence-corrected chi connectivity index (χ1v) is 8.72. The predicted molar refractivity (Wildman–Crippen MR) is 87.4 cm³/mol. The van der Waals surface area contributed by atoms with Crippen LogP contribution < -0.4 is 11.4 Å². The zero-order chi connectivity index (χ0) is 16.7. The minimum Gasteiger partial charge on any atom is -0.369 e. The summed E-state index contributed by atoms with van der Waals surface area (Å²) in [5.74, 6) is 0.655. The Balaban J connectivity index is 1.75. The maximum absolute atomic E-state index is 12.7. The highest BCUT2D eigenvalue weighted by Gasteiger charge is 2.61. The standard InChI is InChI=1S/C16H18ClN5O2/c17-13-19-6-10-11(21-13)22(14(24)20-10)16-4-8-1-9(5-16)3-15(2-8,7-16)12(18)23/h6,8-9H,1-5,7H2,(H2,18,23)(H,20,24). The van der Waals surface area contributed by atoms with Gasteiger partial charge in [-0.2, -0.15) is 4.98 Å². The van der Waals surface area contributed by atoms with Crippen molar-refractivity contribution in [3.05, 3.63) is 22.0 Å². The topological polar surface area (TPSA) is 107 Å². The van der Waals surface area contributed by atoms with Crippen molar-refractivity contribution in [2.24, 2.45) is 23.0 Å². The molecular weight excluding hydrogens is 330 g/mol. The van der Waals surface area contributed by atoms with Crippen LogP contribution in [0.3, 0.4) is 0 Å². The number of nitrogens with two attached hydrogens (primary N) is 1. The van der Waals surface area contributed by atoms with Gasteiger partial charge in [0, 0.05) is 0 Å². The Kier molecular flexibility index (Phi) is 2.64. The summed E-state index contributed by atoms with van der Waals surface area (Å²) in [6.45, 7) is 0. The number of hydrogen-bond donors (Lipinski definition) is 2. The number of halogens is 1. The molecule has 4 bridgehead atoms. The first kappa shape index (κ1) is 14.5. The zero-order valence-corrected chi connectivity index (χ0v) is 13.8. The van der Waals surface area contributed by atoms with Gasteiger partial charge in [0.1, 0.15) is 5.52 Å². The number of nitrogens with zero attached hydrogens (tertiary/aromatic N) is 3. The highest BCUT2D eigenvalue weighted by atomic mass is 35.5. The minimum absolute atomic E-state index is 0.115. The molecule has 0 saturated heterocycles. The molecule has 2 atom stereocenters. The lowest BCUT2D eigenvalue weighted by Crippen LogP contribution is -2.61. The summed E-state index contributed by atoms with van der Waals surface area (Å²) in [5.41, 5.74) is 5.82. The van der Waals surface area contributed by atoms with Gasteiger partial charge >= 0.3 is 5.69 Å². The molecule has 126 valence electrons. The van der Waals surface area contributed by atoms with Crippen molar-refractivity contribution in [3.63, 3.8) is 0 Å². The van der Waals surface area contributed by atoms with Crippen LogP contribution >= 0.6 is 11.6 Å². The molecule has 0 aliphatic heterocycles. The van der Waals surface area contributed by atoms with Gasteiger partial charge in [-0.3, -0.25) is 9.36 Å². The van der Waals surface area contributed by atoms with Gasteiger partial charge in [0.2, 0.25) is 11.2 Å². The molecule has 2 unspecified atom stereocenters. The van der Waals surface area contributed by atoms with Crippen molar-refractivity contribution in [1.29, 1.82) is 0 Å². The molecule has 0 aromatic carbocycles. The first-order valence-electron chi connectivity index (χ1n) is 8.35. The van der Waals surface area contributed by atoms with E-state index >= 15 is 0 Å². The van der Waals surface area contributed by atoms with Gasteiger partial charge in [-0.1, -0.05) is 0 Å². The summed E-state index contributed by atoms with van der Waals surface area (Å²) >= 11 is 5.96. The third-order valence-corrected chi connectivity index (χ3v) is 6.61. The fourth-order valence-electron chi connectivity index (χ4n) is 6.08. The molecule has 6 rings (SSSR count). The van der Waals surface area contributed by atoms with Crippen LogP contribution in [0.25, 0.3) is 11.2 Å². The Labute approximate surface area is 142 Å². The van der Waals surface area contributed by atoms with E-state index in [-0.39, 0.29) is 16.9 Å². The number of aromatic amines is 1. The molecule has 0 radical (unpaired) electrons. The van der Waals surface area contributed by atoms with Crippen LogP contribution in [-0.4, -0.2) is 25.4 Å². The van der Waals surface area contributed by atoms with Crippen LogP contribution in [0.1, 0.15) is 38.5 Å². The first-order chi connectivity index (χ1) is 11.4. The van der Waals surface area contributed by atoms with E-state index < -0.39 is 11.0 Å². The largest absolute Gasteiger partial charge is 0.369 e. The van der Waals surface area contributed by atoms with Crippen LogP contribution in [0.4, 0.5) is 0 Å². The van der Waals surface area contributed by atoms with Gasteiger partial charge < -0.3 is 10.7 Å². The molecular formula is C16H18ClN5O2. The van der Waals surface area contributed by atoms with Gasteiger partial charge in [0.15, 0.2) is 5.65 Å². The minimum atomic E-state index is -0.482. The molecule has 0 spiro atoms. The average Bonchev–Trinajstić information content (AvgIpc) is 2.81. The number of carbonyl (C=O) groups excluding carboxylic acids is 1. The van der Waals surface area contributed by atoms with E-state index in [0.29, 0.717) is 29.4 Å². The van der Waals surface area contributed by atoms with Gasteiger partial charge in [0.25, 0.3) is 0 Å². The second kappa shape index (κ2) is 4.39. The van der Waals surface area contributed by atoms with Crippen LogP contribution in [0.2, 0.25) is 5.28 Å². The van der Waals surface area contributed by atoms with Crippen molar-refractivity contribution in [2.45, 2.75) is 44.1 Å². The van der Waals surface area contributed by atoms with Crippen LogP contribution in [0.15, 0.2) is 11.0 Å². The van der Waals surface area contributed by atoms with Gasteiger partial charge in [-0.15, -0.1) is 0 Å². The monoisotopic (exact) mass is 347 g/mol. The summed E-state index contributed by atoms with van der Waals surface area (Å²) < 4.78 is 1.74. The fourth-order valence-corrected chi connectivity index (χ4v) is 6.21. The maximum Gasteiger partial charge on any atom is 0.328 e. The molecule has 2 aromatic heterocycles. The molecule has 4 aliphatic carbocycles. The summed E-state index contributed by atoms with van der Waals surface area (Å²) in [6, 6.07) is 0. The van der Waals surface area contributed by atoms with Crippen molar-refractivity contribution < 1.29 is 4.79 Å². The van der Waals surface area contributed by atoms with E-state index in [1.165, 1.54) is 6.20 Å². The SMILES string of the molecule is NC(=O)C12CC3CC(C1)CC(n1c(=O)[nH]c4cnc(Cl)nc41)(C3)C2. The number of amides is 1. The molecule has 8 heteroatoms. The number of imidazole rings is 1. The number of hydrogen-bond acceptors (Lipinski definition) is 4. The van der Waals surface area contributed by atoms with Crippen LogP contribution in [-0.2, 0) is 10.3 Å². The number of H-pyrrole nitrogens is 1. The predicted octanol–water partition coefficient (Wildman–Crippen LogP) is 1.55. The van der Waals surface area contributed by atoms with E-state index in [9.17, 15) is 9.59 Å². The molecule has 2 heterocycles. The van der Waals surface area contributed by atoms with Crippen LogP contribution in [0, 0.1) is 17.3 Å². The van der Waals surface area contributed by atoms with Gasteiger partial charge in [-0.05, 0) is 62.0 Å². The second-order valence-corrected chi connectivity index (χ2v) is 8.31. The third kappa shape index (κ3) is 1.73. The van der Waals surface area contributed by atoms with E-state index in [2.05, 4.69) is 15.0 Å². The number of nitrogens with one attached hydrogen (secondary N) is 1. The quantitative estimate of drug-likeness (QED) is 0.804. The number of aromatic nitrogens is 4. The van der Waals surface area contributed by atoms with E-state index in [1.54, 1.807) is 4.57 Å². The number of rotatable bonds is 2. The highest BCUT2D eigenvalue weighted by Crippen LogP contribution is 2.64. The maximum atomic E-state index is 12.7. The number of carbonyl (C=O) groups is 1. The average molecular weight is 348 g/mol. The Morgan fingerprint density at radius 2 is 2.04 bits per heavy atom. The van der Waals surface area contributed by atoms with Crippen molar-refractivity contribution in [3.8, 4) is 0 Å². The van der Waals surface area contributed by atoms with E-state index in [1.807, 2.05) is 0 Å². The Hall–Kier alpha value is -1.89. The molecule has 2 aromatic rings. The van der Waals surface area contributed by atoms with E-state index in [4.69, 9.17) is 17.3 Å². The van der Waals surface area contributed by atoms with Crippen LogP contribution in [0.5, 0.6) is 0 Å². The summed E-state index contributed by atoms with van der Waals surface area (Å²) in [7, 11) is 0. The Morgan fingerprint density at radius 3 is 2.71 bits per heavy atom. The Bertz CT molecular complexity index is 918. The third-order valence-electron chi connectivity index (χ3n) is 6.42. The highest BCUT2D eigenvalue weighted by molar-refractivity contribution is 6.28. The molecule has 1 amide bonds. The molecule has 24 heavy (non-hydrogen) atoms. The van der Waals surface area contributed by atoms with E-state index in [0.717, 1.165) is 32.1 Å². The lowest BCUT2D eigenvalue weighted by Gasteiger charge is -2.60. The lowest BCUT2D eigenvalue weighted by atomic mass is 9.46. The van der Waals surface area contributed by atoms with Crippen molar-refractivity contribution >= 4 is 28.7 Å². The lowest BCUT2D eigenvalue weighted by molar-refractivity contribution is -0.151. The van der Waals surface area contributed by atoms with Crippen molar-refractivity contribution in [1.82, 2.24) is 19.5 Å². The number of primary amides is 1. The molecule has 7 nitrogen and oxygen atoms in total. The molecule has 3 N–H and O–H groups in total. The molecule has 4 saturated carbocycles.